The third-order valence-corrected chi connectivity index (χ3v) is 2.30. The van der Waals surface area contributed by atoms with Crippen molar-refractivity contribution in [3.05, 3.63) is 0 Å². The first-order valence-electron chi connectivity index (χ1n) is 5.84. The minimum atomic E-state index is -0.833. The molecule has 0 aromatic carbocycles. The van der Waals surface area contributed by atoms with E-state index in [9.17, 15) is 0 Å². The molecule has 15 heavy (non-hydrogen) atoms. The minimum absolute atomic E-state index is 0.364. The van der Waals surface area contributed by atoms with Crippen molar-refractivity contribution < 1.29 is 15.0 Å². The number of carboxylic acids is 1. The third-order valence-electron chi connectivity index (χ3n) is 2.30. The van der Waals surface area contributed by atoms with Crippen molar-refractivity contribution in [2.75, 3.05) is 6.61 Å². The predicted octanol–water partition coefficient (Wildman–Crippen LogP) is 3.07. The van der Waals surface area contributed by atoms with Crippen molar-refractivity contribution in [2.45, 2.75) is 59.3 Å². The zero-order valence-electron chi connectivity index (χ0n) is 10.3. The van der Waals surface area contributed by atoms with Crippen molar-refractivity contribution in [1.29, 1.82) is 0 Å². The van der Waals surface area contributed by atoms with Crippen LogP contribution >= 0.6 is 0 Å². The quantitative estimate of drug-likeness (QED) is 0.646. The second-order valence-corrected chi connectivity index (χ2v) is 3.96. The Bertz CT molecular complexity index is 131. The molecule has 0 heterocycles. The number of hydrogen-bond donors (Lipinski definition) is 2. The molecule has 3 nitrogen and oxygen atoms in total. The highest BCUT2D eigenvalue weighted by molar-refractivity contribution is 5.62. The molecule has 0 rings (SSSR count). The van der Waals surface area contributed by atoms with Gasteiger partial charge in [0.25, 0.3) is 5.97 Å². The van der Waals surface area contributed by atoms with Crippen LogP contribution in [-0.2, 0) is 4.79 Å². The largest absolute Gasteiger partial charge is 0.481 e. The number of rotatable bonds is 7. The summed E-state index contributed by atoms with van der Waals surface area (Å²) in [6.45, 7) is 6.01. The maximum Gasteiger partial charge on any atom is 0.300 e. The van der Waals surface area contributed by atoms with Gasteiger partial charge in [0.2, 0.25) is 0 Å². The van der Waals surface area contributed by atoms with Crippen LogP contribution in [0.3, 0.4) is 0 Å². The van der Waals surface area contributed by atoms with Crippen molar-refractivity contribution >= 4 is 5.97 Å². The fourth-order valence-corrected chi connectivity index (χ4v) is 1.16. The lowest BCUT2D eigenvalue weighted by atomic mass is 10.0. The van der Waals surface area contributed by atoms with E-state index in [1.54, 1.807) is 0 Å². The summed E-state index contributed by atoms with van der Waals surface area (Å²) in [5.41, 5.74) is 0. The lowest BCUT2D eigenvalue weighted by Gasteiger charge is -2.06. The Morgan fingerprint density at radius 3 is 2.07 bits per heavy atom. The van der Waals surface area contributed by atoms with Crippen molar-refractivity contribution in [2.24, 2.45) is 5.92 Å². The molecule has 2 N–H and O–H groups in total. The lowest BCUT2D eigenvalue weighted by Crippen LogP contribution is -1.92. The van der Waals surface area contributed by atoms with Gasteiger partial charge in [-0.05, 0) is 12.3 Å². The van der Waals surface area contributed by atoms with E-state index in [1.807, 2.05) is 0 Å². The van der Waals surface area contributed by atoms with Crippen LogP contribution in [0.5, 0.6) is 0 Å². The van der Waals surface area contributed by atoms with Gasteiger partial charge in [0, 0.05) is 13.5 Å². The van der Waals surface area contributed by atoms with Gasteiger partial charge < -0.3 is 10.2 Å². The molecule has 0 saturated carbocycles. The second kappa shape index (κ2) is 13.4. The monoisotopic (exact) mass is 218 g/mol. The smallest absolute Gasteiger partial charge is 0.300 e. The summed E-state index contributed by atoms with van der Waals surface area (Å²) in [5.74, 6) is 0.0594. The molecule has 0 aliphatic carbocycles. The van der Waals surface area contributed by atoms with Gasteiger partial charge >= 0.3 is 0 Å². The maximum atomic E-state index is 9.00. The molecule has 0 spiro atoms. The molecule has 0 aliphatic rings. The second-order valence-electron chi connectivity index (χ2n) is 3.96. The van der Waals surface area contributed by atoms with Crippen LogP contribution in [0.1, 0.15) is 59.3 Å². The average molecular weight is 218 g/mol. The van der Waals surface area contributed by atoms with Gasteiger partial charge in [-0.25, -0.2) is 0 Å². The first-order valence-corrected chi connectivity index (χ1v) is 5.84. The van der Waals surface area contributed by atoms with Gasteiger partial charge in [0.15, 0.2) is 0 Å². The van der Waals surface area contributed by atoms with E-state index in [4.69, 9.17) is 15.0 Å². The van der Waals surface area contributed by atoms with E-state index in [1.165, 1.54) is 32.1 Å². The number of aliphatic hydroxyl groups excluding tert-OH is 1. The normalized spacial score (nSPS) is 11.5. The summed E-state index contributed by atoms with van der Waals surface area (Å²) in [4.78, 5) is 9.00. The van der Waals surface area contributed by atoms with Crippen LogP contribution in [0.25, 0.3) is 0 Å². The first-order chi connectivity index (χ1) is 7.04. The van der Waals surface area contributed by atoms with E-state index in [-0.39, 0.29) is 0 Å². The van der Waals surface area contributed by atoms with Crippen molar-refractivity contribution in [1.82, 2.24) is 0 Å². The molecule has 0 aromatic rings. The van der Waals surface area contributed by atoms with E-state index in [0.29, 0.717) is 6.61 Å². The number of carboxylic acid groups (broad SMARTS) is 1. The molecule has 0 saturated heterocycles. The van der Waals surface area contributed by atoms with Gasteiger partial charge in [-0.1, -0.05) is 46.0 Å². The van der Waals surface area contributed by atoms with E-state index >= 15 is 0 Å². The summed E-state index contributed by atoms with van der Waals surface area (Å²) >= 11 is 0. The summed E-state index contributed by atoms with van der Waals surface area (Å²) in [6.07, 6.45) is 7.50. The molecular formula is C12H26O3. The minimum Gasteiger partial charge on any atom is -0.481 e. The molecular weight excluding hydrogens is 192 g/mol. The topological polar surface area (TPSA) is 57.5 Å². The molecule has 92 valence electrons. The van der Waals surface area contributed by atoms with Crippen LogP contribution in [0, 0.1) is 5.92 Å². The zero-order valence-corrected chi connectivity index (χ0v) is 10.3. The molecule has 1 unspecified atom stereocenters. The fourth-order valence-electron chi connectivity index (χ4n) is 1.16. The Morgan fingerprint density at radius 1 is 1.20 bits per heavy atom. The van der Waals surface area contributed by atoms with Crippen molar-refractivity contribution in [3.63, 3.8) is 0 Å². The Balaban J connectivity index is 0. The average Bonchev–Trinajstić information content (AvgIpc) is 2.16. The molecule has 1 atom stereocenters. The molecule has 0 aromatic heterocycles. The highest BCUT2D eigenvalue weighted by atomic mass is 16.4. The van der Waals surface area contributed by atoms with Crippen LogP contribution in [-0.4, -0.2) is 22.8 Å². The molecule has 3 heteroatoms. The standard InChI is InChI=1S/C10H22O.C2H4O2/c1-3-10(2)8-6-4-5-7-9-11;1-2(3)4/h10-11H,3-9H2,1-2H3;1H3,(H,3,4). The SMILES string of the molecule is CC(=O)O.CCC(C)CCCCCCO. The van der Waals surface area contributed by atoms with Gasteiger partial charge in [-0.2, -0.15) is 0 Å². The number of unbranched alkanes of at least 4 members (excludes halogenated alkanes) is 3. The van der Waals surface area contributed by atoms with Gasteiger partial charge in [-0.3, -0.25) is 4.79 Å². The Hall–Kier alpha value is -0.570. The van der Waals surface area contributed by atoms with E-state index in [2.05, 4.69) is 13.8 Å². The first kappa shape index (κ1) is 16.8. The van der Waals surface area contributed by atoms with Crippen LogP contribution < -0.4 is 0 Å². The summed E-state index contributed by atoms with van der Waals surface area (Å²) < 4.78 is 0. The molecule has 0 fully saturated rings. The van der Waals surface area contributed by atoms with E-state index in [0.717, 1.165) is 19.3 Å². The van der Waals surface area contributed by atoms with E-state index < -0.39 is 5.97 Å². The number of hydrogen-bond acceptors (Lipinski definition) is 2. The summed E-state index contributed by atoms with van der Waals surface area (Å²) in [5, 5.41) is 15.9. The van der Waals surface area contributed by atoms with Gasteiger partial charge in [0.1, 0.15) is 0 Å². The molecule has 0 amide bonds. The van der Waals surface area contributed by atoms with Crippen LogP contribution in [0.15, 0.2) is 0 Å². The van der Waals surface area contributed by atoms with Crippen LogP contribution in [0.4, 0.5) is 0 Å². The number of aliphatic carboxylic acids is 1. The lowest BCUT2D eigenvalue weighted by molar-refractivity contribution is -0.134. The Kier molecular flexibility index (Phi) is 15.1. The summed E-state index contributed by atoms with van der Waals surface area (Å²) in [6, 6.07) is 0. The van der Waals surface area contributed by atoms with Gasteiger partial charge in [-0.15, -0.1) is 0 Å². The van der Waals surface area contributed by atoms with Crippen molar-refractivity contribution in [3.8, 4) is 0 Å². The van der Waals surface area contributed by atoms with Crippen LogP contribution in [0.2, 0.25) is 0 Å². The van der Waals surface area contributed by atoms with Gasteiger partial charge in [0.05, 0.1) is 0 Å². The molecule has 0 bridgehead atoms. The molecule has 0 radical (unpaired) electrons. The fraction of sp³-hybridized carbons (Fsp3) is 0.917. The highest BCUT2D eigenvalue weighted by Gasteiger charge is 1.97. The Labute approximate surface area is 93.5 Å². The zero-order chi connectivity index (χ0) is 12.1. The molecule has 0 aliphatic heterocycles. The summed E-state index contributed by atoms with van der Waals surface area (Å²) in [7, 11) is 0. The number of aliphatic hydroxyl groups is 1. The Morgan fingerprint density at radius 2 is 1.67 bits per heavy atom. The number of carbonyl (C=O) groups is 1. The third kappa shape index (κ3) is 24.7. The highest BCUT2D eigenvalue weighted by Crippen LogP contribution is 2.12. The maximum absolute atomic E-state index is 9.00. The predicted molar refractivity (Wildman–Crippen MR) is 62.9 cm³/mol.